The van der Waals surface area contributed by atoms with Gasteiger partial charge in [-0.05, 0) is 42.2 Å². The van der Waals surface area contributed by atoms with Crippen molar-refractivity contribution in [1.82, 2.24) is 9.80 Å². The van der Waals surface area contributed by atoms with Crippen molar-refractivity contribution in [1.29, 1.82) is 0 Å². The lowest BCUT2D eigenvalue weighted by Crippen LogP contribution is -2.30. The van der Waals surface area contributed by atoms with Gasteiger partial charge in [-0.1, -0.05) is 18.2 Å². The molecule has 1 saturated heterocycles. The van der Waals surface area contributed by atoms with Crippen LogP contribution in [0.15, 0.2) is 36.4 Å². The van der Waals surface area contributed by atoms with E-state index >= 15 is 0 Å². The van der Waals surface area contributed by atoms with E-state index in [1.54, 1.807) is 25.2 Å². The van der Waals surface area contributed by atoms with E-state index in [4.69, 9.17) is 9.47 Å². The zero-order valence-electron chi connectivity index (χ0n) is 16.2. The Kier molecular flexibility index (Phi) is 4.94. The molecule has 2 aromatic rings. The molecule has 0 aliphatic carbocycles. The van der Waals surface area contributed by atoms with Crippen LogP contribution in [0, 0.1) is 0 Å². The second-order valence-corrected chi connectivity index (χ2v) is 7.19. The predicted octanol–water partition coefficient (Wildman–Crippen LogP) is 3.10. The van der Waals surface area contributed by atoms with E-state index < -0.39 is 0 Å². The number of carbonyl (C=O) groups is 2. The van der Waals surface area contributed by atoms with Crippen LogP contribution in [0.3, 0.4) is 0 Å². The maximum Gasteiger partial charge on any atom is 0.255 e. The second-order valence-electron chi connectivity index (χ2n) is 7.19. The first-order valence-corrected chi connectivity index (χ1v) is 9.53. The molecule has 2 amide bonds. The van der Waals surface area contributed by atoms with Crippen molar-refractivity contribution in [2.24, 2.45) is 0 Å². The number of rotatable bonds is 5. The van der Waals surface area contributed by atoms with Crippen molar-refractivity contribution in [3.63, 3.8) is 0 Å². The van der Waals surface area contributed by atoms with Gasteiger partial charge in [0.05, 0.1) is 25.3 Å². The molecule has 6 nitrogen and oxygen atoms in total. The number of hydrogen-bond acceptors (Lipinski definition) is 4. The number of ether oxygens (including phenoxy) is 2. The summed E-state index contributed by atoms with van der Waals surface area (Å²) in [6.45, 7) is 2.49. The van der Waals surface area contributed by atoms with E-state index in [1.165, 1.54) is 0 Å². The number of carbonyl (C=O) groups excluding carboxylic acids is 2. The monoisotopic (exact) mass is 380 g/mol. The minimum atomic E-state index is -0.0899. The highest BCUT2D eigenvalue weighted by molar-refractivity contribution is 6.09. The summed E-state index contributed by atoms with van der Waals surface area (Å²) in [4.78, 5) is 29.6. The van der Waals surface area contributed by atoms with E-state index in [1.807, 2.05) is 35.2 Å². The van der Waals surface area contributed by atoms with Gasteiger partial charge in [0.1, 0.15) is 0 Å². The van der Waals surface area contributed by atoms with Gasteiger partial charge in [0, 0.05) is 26.2 Å². The maximum absolute atomic E-state index is 13.1. The standard InChI is InChI=1S/C22H24N2O4/c1-27-18-9-8-15(12-19(18)28-2)13-24-14-16-6-5-7-17(20(16)22(24)26)21(25)23-10-3-4-11-23/h5-9,12H,3-4,10-11,13-14H2,1-2H3. The Morgan fingerprint density at radius 2 is 1.79 bits per heavy atom. The normalized spacial score (nSPS) is 15.7. The van der Waals surface area contributed by atoms with Gasteiger partial charge in [0.25, 0.3) is 11.8 Å². The molecule has 2 aliphatic heterocycles. The minimum absolute atomic E-state index is 0.0318. The van der Waals surface area contributed by atoms with E-state index in [0.29, 0.717) is 35.7 Å². The van der Waals surface area contributed by atoms with Crippen molar-refractivity contribution in [2.75, 3.05) is 27.3 Å². The fraction of sp³-hybridized carbons (Fsp3) is 0.364. The van der Waals surface area contributed by atoms with Gasteiger partial charge in [-0.15, -0.1) is 0 Å². The molecule has 4 rings (SSSR count). The number of methoxy groups -OCH3 is 2. The average molecular weight is 380 g/mol. The summed E-state index contributed by atoms with van der Waals surface area (Å²) in [5.74, 6) is 1.17. The van der Waals surface area contributed by atoms with E-state index in [2.05, 4.69) is 0 Å². The minimum Gasteiger partial charge on any atom is -0.493 e. The molecule has 6 heteroatoms. The molecule has 146 valence electrons. The SMILES string of the molecule is COc1ccc(CN2Cc3cccc(C(=O)N4CCCC4)c3C2=O)cc1OC. The summed E-state index contributed by atoms with van der Waals surface area (Å²) in [5.41, 5.74) is 2.95. The molecule has 0 atom stereocenters. The van der Waals surface area contributed by atoms with Crippen molar-refractivity contribution >= 4 is 11.8 Å². The summed E-state index contributed by atoms with van der Waals surface area (Å²) in [5, 5.41) is 0. The molecule has 28 heavy (non-hydrogen) atoms. The molecule has 0 N–H and O–H groups in total. The number of benzene rings is 2. The molecule has 2 heterocycles. The summed E-state index contributed by atoms with van der Waals surface area (Å²) >= 11 is 0. The molecule has 0 saturated carbocycles. The van der Waals surface area contributed by atoms with Crippen molar-refractivity contribution < 1.29 is 19.1 Å². The van der Waals surface area contributed by atoms with Crippen LogP contribution in [0.1, 0.15) is 44.7 Å². The van der Waals surface area contributed by atoms with E-state index in [9.17, 15) is 9.59 Å². The largest absolute Gasteiger partial charge is 0.493 e. The molecular weight excluding hydrogens is 356 g/mol. The van der Waals surface area contributed by atoms with Gasteiger partial charge in [0.15, 0.2) is 11.5 Å². The number of likely N-dealkylation sites (tertiary alicyclic amines) is 1. The van der Waals surface area contributed by atoms with Crippen LogP contribution in [0.2, 0.25) is 0 Å². The highest BCUT2D eigenvalue weighted by Crippen LogP contribution is 2.31. The van der Waals surface area contributed by atoms with Crippen LogP contribution < -0.4 is 9.47 Å². The highest BCUT2D eigenvalue weighted by Gasteiger charge is 2.33. The molecular formula is C22H24N2O4. The fourth-order valence-corrected chi connectivity index (χ4v) is 4.02. The topological polar surface area (TPSA) is 59.1 Å². The van der Waals surface area contributed by atoms with Gasteiger partial charge in [-0.25, -0.2) is 0 Å². The quantitative estimate of drug-likeness (QED) is 0.800. The first-order valence-electron chi connectivity index (χ1n) is 9.53. The molecule has 2 aromatic carbocycles. The average Bonchev–Trinajstić information content (AvgIpc) is 3.36. The third-order valence-electron chi connectivity index (χ3n) is 5.46. The Bertz CT molecular complexity index is 919. The highest BCUT2D eigenvalue weighted by atomic mass is 16.5. The van der Waals surface area contributed by atoms with Gasteiger partial charge in [-0.3, -0.25) is 9.59 Å². The second kappa shape index (κ2) is 7.54. The number of nitrogens with zero attached hydrogens (tertiary/aromatic N) is 2. The zero-order chi connectivity index (χ0) is 19.7. The van der Waals surface area contributed by atoms with Gasteiger partial charge < -0.3 is 19.3 Å². The Morgan fingerprint density at radius 1 is 1.04 bits per heavy atom. The first-order chi connectivity index (χ1) is 13.6. The van der Waals surface area contributed by atoms with Crippen molar-refractivity contribution in [3.8, 4) is 11.5 Å². The van der Waals surface area contributed by atoms with Crippen molar-refractivity contribution in [2.45, 2.75) is 25.9 Å². The Hall–Kier alpha value is -3.02. The van der Waals surface area contributed by atoms with Crippen LogP contribution in [0.4, 0.5) is 0 Å². The molecule has 0 unspecified atom stereocenters. The van der Waals surface area contributed by atoms with E-state index in [0.717, 1.165) is 37.1 Å². The third kappa shape index (κ3) is 3.19. The Balaban J connectivity index is 1.58. The zero-order valence-corrected chi connectivity index (χ0v) is 16.2. The van der Waals surface area contributed by atoms with Crippen molar-refractivity contribution in [3.05, 3.63) is 58.7 Å². The summed E-state index contributed by atoms with van der Waals surface area (Å²) < 4.78 is 10.6. The van der Waals surface area contributed by atoms with Crippen LogP contribution in [0.25, 0.3) is 0 Å². The first kappa shape index (κ1) is 18.3. The Morgan fingerprint density at radius 3 is 2.50 bits per heavy atom. The molecule has 2 aliphatic rings. The van der Waals surface area contributed by atoms with Gasteiger partial charge >= 0.3 is 0 Å². The lowest BCUT2D eigenvalue weighted by Gasteiger charge is -2.18. The molecule has 0 radical (unpaired) electrons. The van der Waals surface area contributed by atoms with E-state index in [-0.39, 0.29) is 11.8 Å². The molecule has 1 fully saturated rings. The number of fused-ring (bicyclic) bond motifs is 1. The number of amides is 2. The molecule has 0 spiro atoms. The van der Waals surface area contributed by atoms with Crippen LogP contribution in [-0.2, 0) is 13.1 Å². The number of hydrogen-bond donors (Lipinski definition) is 0. The fourth-order valence-electron chi connectivity index (χ4n) is 4.02. The van der Waals surface area contributed by atoms with Gasteiger partial charge in [0.2, 0.25) is 0 Å². The molecule has 0 aromatic heterocycles. The Labute approximate surface area is 164 Å². The predicted molar refractivity (Wildman–Crippen MR) is 105 cm³/mol. The maximum atomic E-state index is 13.1. The lowest BCUT2D eigenvalue weighted by molar-refractivity contribution is 0.0743. The van der Waals surface area contributed by atoms with Crippen LogP contribution >= 0.6 is 0 Å². The van der Waals surface area contributed by atoms with Crippen LogP contribution in [-0.4, -0.2) is 48.9 Å². The summed E-state index contributed by atoms with van der Waals surface area (Å²) in [6.07, 6.45) is 2.06. The third-order valence-corrected chi connectivity index (χ3v) is 5.46. The molecule has 0 bridgehead atoms. The van der Waals surface area contributed by atoms with Gasteiger partial charge in [-0.2, -0.15) is 0 Å². The smallest absolute Gasteiger partial charge is 0.255 e. The lowest BCUT2D eigenvalue weighted by atomic mass is 10.0. The summed E-state index contributed by atoms with van der Waals surface area (Å²) in [6, 6.07) is 11.2. The summed E-state index contributed by atoms with van der Waals surface area (Å²) in [7, 11) is 3.19. The van der Waals surface area contributed by atoms with Crippen LogP contribution in [0.5, 0.6) is 11.5 Å².